The minimum absolute atomic E-state index is 0.0500. The molecule has 1 rings (SSSR count). The monoisotopic (exact) mass is 258 g/mol. The third-order valence-electron chi connectivity index (χ3n) is 1.58. The Morgan fingerprint density at radius 3 is 2.27 bits per heavy atom. The summed E-state index contributed by atoms with van der Waals surface area (Å²) in [5.74, 6) is 13.2. The molecule has 1 nitrogen and oxygen atoms in total. The van der Waals surface area contributed by atoms with Gasteiger partial charge < -0.3 is 5.11 Å². The van der Waals surface area contributed by atoms with E-state index in [-0.39, 0.29) is 6.61 Å². The number of benzene rings is 1. The molecule has 0 saturated heterocycles. The van der Waals surface area contributed by atoms with Crippen molar-refractivity contribution in [2.45, 2.75) is 6.61 Å². The Morgan fingerprint density at radius 1 is 1.00 bits per heavy atom. The summed E-state index contributed by atoms with van der Waals surface area (Å²) in [4.78, 5) is 2.47. The molecule has 1 N–H and O–H groups in total. The second-order valence-electron chi connectivity index (χ2n) is 2.57. The molecule has 0 amide bonds. The van der Waals surface area contributed by atoms with Gasteiger partial charge in [-0.05, 0) is 46.2 Å². The molecule has 0 aliphatic rings. The SMILES string of the molecule is OCc1ccc(C#CC#CC#CBr)cc1. The largest absolute Gasteiger partial charge is 0.392 e. The molecule has 72 valence electrons. The molecule has 0 saturated carbocycles. The van der Waals surface area contributed by atoms with Crippen molar-refractivity contribution in [3.63, 3.8) is 0 Å². The van der Waals surface area contributed by atoms with Gasteiger partial charge in [-0.1, -0.05) is 18.1 Å². The molecule has 0 spiro atoms. The van der Waals surface area contributed by atoms with Gasteiger partial charge in [-0.15, -0.1) is 0 Å². The van der Waals surface area contributed by atoms with Crippen molar-refractivity contribution in [1.29, 1.82) is 0 Å². The summed E-state index contributed by atoms with van der Waals surface area (Å²) in [5.41, 5.74) is 1.74. The summed E-state index contributed by atoms with van der Waals surface area (Å²) in [6.45, 7) is 0.0500. The van der Waals surface area contributed by atoms with Crippen LogP contribution in [0.2, 0.25) is 0 Å². The van der Waals surface area contributed by atoms with Crippen molar-refractivity contribution in [2.24, 2.45) is 0 Å². The first-order valence-electron chi connectivity index (χ1n) is 4.18. The van der Waals surface area contributed by atoms with Gasteiger partial charge in [0.1, 0.15) is 0 Å². The Kier molecular flexibility index (Phi) is 5.13. The van der Waals surface area contributed by atoms with E-state index < -0.39 is 0 Å². The smallest absolute Gasteiger partial charge is 0.0681 e. The molecule has 1 aromatic rings. The first-order valence-corrected chi connectivity index (χ1v) is 4.97. The molecule has 0 fully saturated rings. The second-order valence-corrected chi connectivity index (χ2v) is 2.97. The van der Waals surface area contributed by atoms with E-state index in [0.29, 0.717) is 0 Å². The highest BCUT2D eigenvalue weighted by molar-refractivity contribution is 9.12. The Balaban J connectivity index is 2.72. The second kappa shape index (κ2) is 6.74. The van der Waals surface area contributed by atoms with Crippen LogP contribution in [0.25, 0.3) is 0 Å². The summed E-state index contributed by atoms with van der Waals surface area (Å²) < 4.78 is 0. The number of rotatable bonds is 1. The Morgan fingerprint density at radius 2 is 1.67 bits per heavy atom. The van der Waals surface area contributed by atoms with E-state index in [9.17, 15) is 0 Å². The van der Waals surface area contributed by atoms with Gasteiger partial charge in [0.15, 0.2) is 0 Å². The average molecular weight is 259 g/mol. The minimum atomic E-state index is 0.0500. The standard InChI is InChI=1S/C13H7BrO/c14-10-4-2-1-3-5-12-6-8-13(11-15)9-7-12/h6-9,15H,11H2. The van der Waals surface area contributed by atoms with E-state index in [4.69, 9.17) is 5.11 Å². The van der Waals surface area contributed by atoms with Crippen LogP contribution in [-0.4, -0.2) is 5.11 Å². The molecule has 15 heavy (non-hydrogen) atoms. The van der Waals surface area contributed by atoms with E-state index in [1.165, 1.54) is 0 Å². The molecule has 0 atom stereocenters. The zero-order valence-electron chi connectivity index (χ0n) is 7.84. The van der Waals surface area contributed by atoms with Gasteiger partial charge in [0.25, 0.3) is 0 Å². The van der Waals surface area contributed by atoms with Crippen molar-refractivity contribution in [3.05, 3.63) is 35.4 Å². The van der Waals surface area contributed by atoms with E-state index in [1.807, 2.05) is 24.3 Å². The van der Waals surface area contributed by atoms with Crippen LogP contribution < -0.4 is 0 Å². The fourth-order valence-electron chi connectivity index (χ4n) is 0.883. The van der Waals surface area contributed by atoms with Crippen molar-refractivity contribution in [2.75, 3.05) is 0 Å². The maximum Gasteiger partial charge on any atom is 0.0681 e. The lowest BCUT2D eigenvalue weighted by Gasteiger charge is -1.93. The van der Waals surface area contributed by atoms with Crippen LogP contribution in [0.5, 0.6) is 0 Å². The van der Waals surface area contributed by atoms with E-state index in [0.717, 1.165) is 11.1 Å². The predicted molar refractivity (Wildman–Crippen MR) is 63.7 cm³/mol. The Labute approximate surface area is 97.6 Å². The van der Waals surface area contributed by atoms with Crippen LogP contribution in [-0.2, 0) is 6.61 Å². The predicted octanol–water partition coefficient (Wildman–Crippen LogP) is 1.89. The van der Waals surface area contributed by atoms with Gasteiger partial charge >= 0.3 is 0 Å². The highest BCUT2D eigenvalue weighted by Crippen LogP contribution is 2.02. The normalized spacial score (nSPS) is 7.33. The summed E-state index contributed by atoms with van der Waals surface area (Å²) in [5, 5.41) is 8.82. The number of hydrogen-bond donors (Lipinski definition) is 1. The van der Waals surface area contributed by atoms with E-state index >= 15 is 0 Å². The molecular formula is C13H7BrO. The molecular weight excluding hydrogens is 252 g/mol. The molecule has 0 bridgehead atoms. The van der Waals surface area contributed by atoms with Crippen molar-refractivity contribution >= 4 is 15.9 Å². The minimum Gasteiger partial charge on any atom is -0.392 e. The van der Waals surface area contributed by atoms with E-state index in [1.54, 1.807) is 0 Å². The van der Waals surface area contributed by atoms with E-state index in [2.05, 4.69) is 50.4 Å². The third kappa shape index (κ3) is 4.39. The molecule has 0 aromatic heterocycles. The van der Waals surface area contributed by atoms with Gasteiger partial charge in [0.05, 0.1) is 6.61 Å². The lowest BCUT2D eigenvalue weighted by Crippen LogP contribution is -1.81. The van der Waals surface area contributed by atoms with Crippen LogP contribution in [0.1, 0.15) is 11.1 Å². The van der Waals surface area contributed by atoms with Crippen LogP contribution >= 0.6 is 15.9 Å². The molecule has 0 unspecified atom stereocenters. The lowest BCUT2D eigenvalue weighted by atomic mass is 10.1. The summed E-state index contributed by atoms with van der Waals surface area (Å²) in [6, 6.07) is 7.35. The molecule has 0 aliphatic heterocycles. The summed E-state index contributed by atoms with van der Waals surface area (Å²) in [7, 11) is 0. The zero-order valence-corrected chi connectivity index (χ0v) is 9.43. The number of hydrogen-bond acceptors (Lipinski definition) is 1. The highest BCUT2D eigenvalue weighted by atomic mass is 79.9. The van der Waals surface area contributed by atoms with Crippen LogP contribution in [0.4, 0.5) is 0 Å². The Hall–Kier alpha value is -1.66. The molecule has 1 aromatic carbocycles. The molecule has 0 heterocycles. The fourth-order valence-corrected chi connectivity index (χ4v) is 0.982. The fraction of sp³-hybridized carbons (Fsp3) is 0.0769. The molecule has 0 aliphatic carbocycles. The van der Waals surface area contributed by atoms with Gasteiger partial charge in [-0.3, -0.25) is 0 Å². The highest BCUT2D eigenvalue weighted by Gasteiger charge is 1.88. The zero-order chi connectivity index (χ0) is 10.9. The van der Waals surface area contributed by atoms with Crippen molar-refractivity contribution in [3.8, 4) is 34.4 Å². The molecule has 0 radical (unpaired) electrons. The van der Waals surface area contributed by atoms with Gasteiger partial charge in [0, 0.05) is 21.5 Å². The van der Waals surface area contributed by atoms with Gasteiger partial charge in [0.2, 0.25) is 0 Å². The lowest BCUT2D eigenvalue weighted by molar-refractivity contribution is 0.282. The number of aliphatic hydroxyl groups excluding tert-OH is 1. The quantitative estimate of drug-likeness (QED) is 0.763. The topological polar surface area (TPSA) is 20.2 Å². The summed E-state index contributed by atoms with van der Waals surface area (Å²) in [6.07, 6.45) is 0. The number of halogens is 1. The van der Waals surface area contributed by atoms with Crippen molar-refractivity contribution in [1.82, 2.24) is 0 Å². The van der Waals surface area contributed by atoms with Crippen LogP contribution in [0.3, 0.4) is 0 Å². The van der Waals surface area contributed by atoms with Crippen molar-refractivity contribution < 1.29 is 5.11 Å². The first-order chi connectivity index (χ1) is 7.36. The van der Waals surface area contributed by atoms with Crippen LogP contribution in [0.15, 0.2) is 24.3 Å². The average Bonchev–Trinajstić information content (AvgIpc) is 2.30. The Bertz CT molecular complexity index is 495. The third-order valence-corrected chi connectivity index (χ3v) is 1.78. The first kappa shape index (κ1) is 11.4. The van der Waals surface area contributed by atoms with Crippen LogP contribution in [0, 0.1) is 34.4 Å². The number of aliphatic hydroxyl groups is 1. The summed E-state index contributed by atoms with van der Waals surface area (Å²) >= 11 is 2.93. The molecule has 2 heteroatoms. The van der Waals surface area contributed by atoms with Gasteiger partial charge in [-0.2, -0.15) is 0 Å². The maximum absolute atomic E-state index is 8.82. The van der Waals surface area contributed by atoms with Gasteiger partial charge in [-0.25, -0.2) is 0 Å². The maximum atomic E-state index is 8.82.